The second kappa shape index (κ2) is 10.1. The van der Waals surface area contributed by atoms with Crippen molar-refractivity contribution in [3.8, 4) is 5.88 Å². The van der Waals surface area contributed by atoms with E-state index in [0.717, 1.165) is 26.1 Å². The molecule has 6 heteroatoms. The maximum absolute atomic E-state index is 13.1. The summed E-state index contributed by atoms with van der Waals surface area (Å²) in [6.45, 7) is 4.33. The monoisotopic (exact) mass is 443 g/mol. The predicted octanol–water partition coefficient (Wildman–Crippen LogP) is 3.80. The molecule has 2 aliphatic heterocycles. The molecule has 2 fully saturated rings. The number of hydrogen-bond donors (Lipinski definition) is 0. The third kappa shape index (κ3) is 5.07. The molecule has 3 aromatic rings. The highest BCUT2D eigenvalue weighted by molar-refractivity contribution is 5.94. The van der Waals surface area contributed by atoms with E-state index in [1.54, 1.807) is 12.3 Å². The van der Waals surface area contributed by atoms with Gasteiger partial charge in [0.25, 0.3) is 5.91 Å². The maximum Gasteiger partial charge on any atom is 0.255 e. The number of rotatable bonds is 6. The van der Waals surface area contributed by atoms with Crippen LogP contribution in [0.4, 0.5) is 0 Å². The SMILES string of the molecule is O=C(c1ccc(OC2CCOC2)nc1)N1CCN(C(c2ccccc2)c2ccccc2)CC1. The summed E-state index contributed by atoms with van der Waals surface area (Å²) in [4.78, 5) is 21.8. The molecule has 0 bridgehead atoms. The Kier molecular flexibility index (Phi) is 6.65. The second-order valence-electron chi connectivity index (χ2n) is 8.54. The highest BCUT2D eigenvalue weighted by atomic mass is 16.5. The first-order chi connectivity index (χ1) is 16.3. The van der Waals surface area contributed by atoms with Crippen LogP contribution >= 0.6 is 0 Å². The van der Waals surface area contributed by atoms with Gasteiger partial charge in [0.2, 0.25) is 5.88 Å². The minimum absolute atomic E-state index is 0.0221. The molecule has 2 aromatic carbocycles. The summed E-state index contributed by atoms with van der Waals surface area (Å²) in [5.74, 6) is 0.564. The van der Waals surface area contributed by atoms with Crippen molar-refractivity contribution < 1.29 is 14.3 Å². The summed E-state index contributed by atoms with van der Waals surface area (Å²) in [6, 6.07) is 25.0. The Labute approximate surface area is 194 Å². The van der Waals surface area contributed by atoms with E-state index in [1.807, 2.05) is 23.1 Å². The number of nitrogens with zero attached hydrogens (tertiary/aromatic N) is 3. The molecule has 2 saturated heterocycles. The number of piperazine rings is 1. The fourth-order valence-electron chi connectivity index (χ4n) is 4.60. The molecule has 0 saturated carbocycles. The van der Waals surface area contributed by atoms with Crippen molar-refractivity contribution in [2.24, 2.45) is 0 Å². The van der Waals surface area contributed by atoms with Crippen LogP contribution in [-0.2, 0) is 4.74 Å². The summed E-state index contributed by atoms with van der Waals surface area (Å²) in [5, 5.41) is 0. The van der Waals surface area contributed by atoms with Crippen LogP contribution in [0.5, 0.6) is 5.88 Å². The van der Waals surface area contributed by atoms with Gasteiger partial charge in [-0.05, 0) is 17.2 Å². The molecule has 2 aliphatic rings. The van der Waals surface area contributed by atoms with E-state index in [9.17, 15) is 4.79 Å². The van der Waals surface area contributed by atoms with E-state index in [-0.39, 0.29) is 18.1 Å². The first-order valence-electron chi connectivity index (χ1n) is 11.6. The summed E-state index contributed by atoms with van der Waals surface area (Å²) in [6.07, 6.45) is 2.55. The van der Waals surface area contributed by atoms with Gasteiger partial charge in [0.05, 0.1) is 24.8 Å². The second-order valence-corrected chi connectivity index (χ2v) is 8.54. The molecule has 1 unspecified atom stereocenters. The summed E-state index contributed by atoms with van der Waals surface area (Å²) in [7, 11) is 0. The first-order valence-corrected chi connectivity index (χ1v) is 11.6. The van der Waals surface area contributed by atoms with Crippen LogP contribution in [0.2, 0.25) is 0 Å². The van der Waals surface area contributed by atoms with Gasteiger partial charge < -0.3 is 14.4 Å². The molecule has 0 radical (unpaired) electrons. The van der Waals surface area contributed by atoms with Crippen molar-refractivity contribution >= 4 is 5.91 Å². The zero-order chi connectivity index (χ0) is 22.5. The summed E-state index contributed by atoms with van der Waals surface area (Å²) in [5.41, 5.74) is 3.15. The van der Waals surface area contributed by atoms with Gasteiger partial charge in [-0.15, -0.1) is 0 Å². The number of amides is 1. The van der Waals surface area contributed by atoms with Crippen LogP contribution < -0.4 is 4.74 Å². The van der Waals surface area contributed by atoms with E-state index in [1.165, 1.54) is 11.1 Å². The number of hydrogen-bond acceptors (Lipinski definition) is 5. The molecule has 0 N–H and O–H groups in total. The fourth-order valence-corrected chi connectivity index (χ4v) is 4.60. The number of aromatic nitrogens is 1. The standard InChI is InChI=1S/C27H29N3O3/c31-27(23-11-12-25(28-19-23)33-24-13-18-32-20-24)30-16-14-29(15-17-30)26(21-7-3-1-4-8-21)22-9-5-2-6-10-22/h1-12,19,24,26H,13-18,20H2. The number of carbonyl (C=O) groups excluding carboxylic acids is 1. The Balaban J connectivity index is 1.23. The van der Waals surface area contributed by atoms with Gasteiger partial charge in [-0.3, -0.25) is 9.69 Å². The third-order valence-corrected chi connectivity index (χ3v) is 6.36. The van der Waals surface area contributed by atoms with E-state index >= 15 is 0 Å². The van der Waals surface area contributed by atoms with Crippen molar-refractivity contribution in [3.63, 3.8) is 0 Å². The third-order valence-electron chi connectivity index (χ3n) is 6.36. The molecule has 33 heavy (non-hydrogen) atoms. The Morgan fingerprint density at radius 1 is 0.909 bits per heavy atom. The Bertz CT molecular complexity index is 990. The molecule has 3 heterocycles. The van der Waals surface area contributed by atoms with E-state index in [0.29, 0.717) is 31.1 Å². The van der Waals surface area contributed by atoms with Gasteiger partial charge in [0.15, 0.2) is 0 Å². The predicted molar refractivity (Wildman–Crippen MR) is 126 cm³/mol. The van der Waals surface area contributed by atoms with E-state index in [4.69, 9.17) is 9.47 Å². The number of benzene rings is 2. The van der Waals surface area contributed by atoms with Crippen molar-refractivity contribution in [2.75, 3.05) is 39.4 Å². The molecular formula is C27H29N3O3. The van der Waals surface area contributed by atoms with Crippen LogP contribution in [-0.4, -0.2) is 66.2 Å². The van der Waals surface area contributed by atoms with E-state index in [2.05, 4.69) is 58.4 Å². The topological polar surface area (TPSA) is 54.9 Å². The Hall–Kier alpha value is -3.22. The van der Waals surface area contributed by atoms with Gasteiger partial charge in [0.1, 0.15) is 6.10 Å². The van der Waals surface area contributed by atoms with Crippen LogP contribution in [0.25, 0.3) is 0 Å². The summed E-state index contributed by atoms with van der Waals surface area (Å²) < 4.78 is 11.1. The van der Waals surface area contributed by atoms with Crippen LogP contribution in [0.1, 0.15) is 33.9 Å². The van der Waals surface area contributed by atoms with Crippen molar-refractivity contribution in [2.45, 2.75) is 18.6 Å². The quantitative estimate of drug-likeness (QED) is 0.580. The maximum atomic E-state index is 13.1. The first kappa shape index (κ1) is 21.6. The molecule has 1 atom stereocenters. The van der Waals surface area contributed by atoms with Gasteiger partial charge in [-0.2, -0.15) is 0 Å². The Morgan fingerprint density at radius 2 is 1.58 bits per heavy atom. The molecule has 0 spiro atoms. The molecule has 0 aliphatic carbocycles. The van der Waals surface area contributed by atoms with E-state index < -0.39 is 0 Å². The Morgan fingerprint density at radius 3 is 2.12 bits per heavy atom. The molecule has 1 amide bonds. The molecular weight excluding hydrogens is 414 g/mol. The zero-order valence-electron chi connectivity index (χ0n) is 18.7. The van der Waals surface area contributed by atoms with Crippen LogP contribution in [0, 0.1) is 0 Å². The van der Waals surface area contributed by atoms with Crippen molar-refractivity contribution in [1.82, 2.24) is 14.8 Å². The smallest absolute Gasteiger partial charge is 0.255 e. The minimum atomic E-state index is 0.0221. The number of ether oxygens (including phenoxy) is 2. The zero-order valence-corrected chi connectivity index (χ0v) is 18.7. The average molecular weight is 444 g/mol. The lowest BCUT2D eigenvalue weighted by atomic mass is 9.96. The number of carbonyl (C=O) groups is 1. The highest BCUT2D eigenvalue weighted by Gasteiger charge is 2.28. The van der Waals surface area contributed by atoms with Crippen molar-refractivity contribution in [3.05, 3.63) is 95.7 Å². The van der Waals surface area contributed by atoms with Crippen LogP contribution in [0.3, 0.4) is 0 Å². The molecule has 6 nitrogen and oxygen atoms in total. The lowest BCUT2D eigenvalue weighted by Gasteiger charge is -2.39. The van der Waals surface area contributed by atoms with Gasteiger partial charge >= 0.3 is 0 Å². The summed E-state index contributed by atoms with van der Waals surface area (Å²) >= 11 is 0. The number of pyridine rings is 1. The molecule has 170 valence electrons. The average Bonchev–Trinajstić information content (AvgIpc) is 3.39. The van der Waals surface area contributed by atoms with Gasteiger partial charge in [-0.1, -0.05) is 60.7 Å². The van der Waals surface area contributed by atoms with Crippen LogP contribution in [0.15, 0.2) is 79.0 Å². The van der Waals surface area contributed by atoms with Crippen molar-refractivity contribution in [1.29, 1.82) is 0 Å². The molecule has 1 aromatic heterocycles. The largest absolute Gasteiger partial charge is 0.472 e. The lowest BCUT2D eigenvalue weighted by Crippen LogP contribution is -2.49. The lowest BCUT2D eigenvalue weighted by molar-refractivity contribution is 0.0597. The molecule has 5 rings (SSSR count). The fraction of sp³-hybridized carbons (Fsp3) is 0.333. The highest BCUT2D eigenvalue weighted by Crippen LogP contribution is 2.29. The van der Waals surface area contributed by atoms with Gasteiger partial charge in [-0.25, -0.2) is 4.98 Å². The normalized spacial score (nSPS) is 19.1. The minimum Gasteiger partial charge on any atom is -0.472 e. The van der Waals surface area contributed by atoms with Gasteiger partial charge in [0, 0.05) is 44.9 Å².